The molecule has 1 saturated heterocycles. The number of likely N-dealkylation sites (tertiary alicyclic amines) is 1. The van der Waals surface area contributed by atoms with Gasteiger partial charge < -0.3 is 0 Å². The van der Waals surface area contributed by atoms with Crippen molar-refractivity contribution in [3.63, 3.8) is 0 Å². The molecule has 4 aromatic rings. The van der Waals surface area contributed by atoms with E-state index in [9.17, 15) is 5.53 Å². The predicted molar refractivity (Wildman–Crippen MR) is 145 cm³/mol. The van der Waals surface area contributed by atoms with Gasteiger partial charge in [0.05, 0.1) is 11.6 Å². The summed E-state index contributed by atoms with van der Waals surface area (Å²) in [5.41, 5.74) is 13.5. The molecular formula is C31H31N5. The first-order valence-corrected chi connectivity index (χ1v) is 12.5. The van der Waals surface area contributed by atoms with E-state index in [1.54, 1.807) is 0 Å². The maximum absolute atomic E-state index is 9.27. The van der Waals surface area contributed by atoms with Crippen molar-refractivity contribution < 1.29 is 0 Å². The molecule has 180 valence electrons. The average molecular weight is 474 g/mol. The highest BCUT2D eigenvalue weighted by Crippen LogP contribution is 2.38. The zero-order valence-electron chi connectivity index (χ0n) is 20.3. The summed E-state index contributed by atoms with van der Waals surface area (Å²) in [7, 11) is 0. The molecule has 2 atom stereocenters. The van der Waals surface area contributed by atoms with E-state index in [4.69, 9.17) is 0 Å². The minimum absolute atomic E-state index is 0.0926. The smallest absolute Gasteiger partial charge is 0.0950 e. The van der Waals surface area contributed by atoms with E-state index in [0.717, 1.165) is 26.1 Å². The molecule has 1 aliphatic heterocycles. The van der Waals surface area contributed by atoms with Gasteiger partial charge in [-0.05, 0) is 34.2 Å². The van der Waals surface area contributed by atoms with Gasteiger partial charge in [0.2, 0.25) is 0 Å². The first-order valence-electron chi connectivity index (χ1n) is 12.5. The summed E-state index contributed by atoms with van der Waals surface area (Å²) in [5.74, 6) is 0. The van der Waals surface area contributed by atoms with Crippen molar-refractivity contribution in [3.8, 4) is 0 Å². The van der Waals surface area contributed by atoms with Gasteiger partial charge in [-0.2, -0.15) is 0 Å². The minimum atomic E-state index is -0.550. The highest BCUT2D eigenvalue weighted by atomic mass is 15.2. The fourth-order valence-electron chi connectivity index (χ4n) is 5.51. The lowest BCUT2D eigenvalue weighted by Gasteiger charge is -2.44. The lowest BCUT2D eigenvalue weighted by atomic mass is 9.76. The van der Waals surface area contributed by atoms with E-state index in [1.807, 2.05) is 6.07 Å². The third-order valence-corrected chi connectivity index (χ3v) is 7.01. The van der Waals surface area contributed by atoms with Gasteiger partial charge in [0, 0.05) is 30.6 Å². The third-order valence-electron chi connectivity index (χ3n) is 7.01. The van der Waals surface area contributed by atoms with Gasteiger partial charge in [0.15, 0.2) is 0 Å². The van der Waals surface area contributed by atoms with E-state index in [2.05, 4.69) is 136 Å². The van der Waals surface area contributed by atoms with E-state index in [1.165, 1.54) is 22.3 Å². The van der Waals surface area contributed by atoms with E-state index in [-0.39, 0.29) is 12.1 Å². The molecule has 5 rings (SSSR count). The van der Waals surface area contributed by atoms with Crippen LogP contribution in [0.3, 0.4) is 0 Å². The van der Waals surface area contributed by atoms with Crippen molar-refractivity contribution in [2.24, 2.45) is 5.11 Å². The molecule has 1 N–H and O–H groups in total. The van der Waals surface area contributed by atoms with Gasteiger partial charge in [-0.3, -0.25) is 10.2 Å². The lowest BCUT2D eigenvalue weighted by Crippen LogP contribution is -2.57. The Balaban J connectivity index is 1.57. The SMILES string of the molecule is [N-]=[N+]=N[C@@H]1C[C@H](NC(c2ccccc2)(c2ccccc2)c2ccccc2)CN(Cc2ccccc2)C1. The van der Waals surface area contributed by atoms with Crippen molar-refractivity contribution in [2.75, 3.05) is 13.1 Å². The Morgan fingerprint density at radius 1 is 0.722 bits per heavy atom. The van der Waals surface area contributed by atoms with Crippen molar-refractivity contribution in [1.29, 1.82) is 0 Å². The third kappa shape index (κ3) is 5.19. The Kier molecular flexibility index (Phi) is 7.44. The van der Waals surface area contributed by atoms with Gasteiger partial charge in [-0.1, -0.05) is 126 Å². The lowest BCUT2D eigenvalue weighted by molar-refractivity contribution is 0.153. The molecule has 0 bridgehead atoms. The van der Waals surface area contributed by atoms with Crippen LogP contribution in [0.4, 0.5) is 0 Å². The molecule has 0 aromatic heterocycles. The van der Waals surface area contributed by atoms with Crippen LogP contribution in [-0.2, 0) is 12.1 Å². The van der Waals surface area contributed by atoms with Gasteiger partial charge in [0.1, 0.15) is 0 Å². The molecule has 36 heavy (non-hydrogen) atoms. The Labute approximate surface area is 213 Å². The molecule has 4 aromatic carbocycles. The van der Waals surface area contributed by atoms with Crippen LogP contribution in [0.1, 0.15) is 28.7 Å². The first kappa shape index (κ1) is 23.8. The molecule has 0 saturated carbocycles. The summed E-state index contributed by atoms with van der Waals surface area (Å²) in [6.07, 6.45) is 0.781. The molecule has 5 heteroatoms. The molecule has 0 aliphatic carbocycles. The zero-order valence-corrected chi connectivity index (χ0v) is 20.3. The van der Waals surface area contributed by atoms with Crippen LogP contribution in [0.2, 0.25) is 0 Å². The Morgan fingerprint density at radius 3 is 1.67 bits per heavy atom. The van der Waals surface area contributed by atoms with E-state index < -0.39 is 5.54 Å². The number of rotatable bonds is 8. The second-order valence-electron chi connectivity index (χ2n) is 9.46. The van der Waals surface area contributed by atoms with Gasteiger partial charge in [-0.15, -0.1) is 0 Å². The second kappa shape index (κ2) is 11.2. The monoisotopic (exact) mass is 473 g/mol. The van der Waals surface area contributed by atoms with Crippen LogP contribution < -0.4 is 5.32 Å². The van der Waals surface area contributed by atoms with Crippen LogP contribution in [-0.4, -0.2) is 30.1 Å². The molecule has 1 aliphatic rings. The van der Waals surface area contributed by atoms with Crippen LogP contribution in [0.25, 0.3) is 10.4 Å². The normalized spacial score (nSPS) is 18.3. The topological polar surface area (TPSA) is 64.0 Å². The number of nitrogens with one attached hydrogen (secondary N) is 1. The molecular weight excluding hydrogens is 442 g/mol. The molecule has 1 heterocycles. The quantitative estimate of drug-likeness (QED) is 0.137. The molecule has 0 radical (unpaired) electrons. The zero-order chi connectivity index (χ0) is 24.6. The maximum Gasteiger partial charge on any atom is 0.0950 e. The number of piperidine rings is 1. The Morgan fingerprint density at radius 2 is 1.19 bits per heavy atom. The van der Waals surface area contributed by atoms with Crippen molar-refractivity contribution in [2.45, 2.75) is 30.6 Å². The fraction of sp³-hybridized carbons (Fsp3) is 0.226. The van der Waals surface area contributed by atoms with Crippen LogP contribution in [0.15, 0.2) is 126 Å². The Bertz CT molecular complexity index is 1180. The average Bonchev–Trinajstić information content (AvgIpc) is 2.94. The van der Waals surface area contributed by atoms with Crippen LogP contribution in [0, 0.1) is 0 Å². The highest BCUT2D eigenvalue weighted by molar-refractivity contribution is 5.49. The summed E-state index contributed by atoms with van der Waals surface area (Å²) >= 11 is 0. The second-order valence-corrected chi connectivity index (χ2v) is 9.46. The van der Waals surface area contributed by atoms with Crippen molar-refractivity contribution >= 4 is 0 Å². The standard InChI is InChI=1S/C31H31N5/c32-35-34-30-21-29(23-36(24-30)22-25-13-5-1-6-14-25)33-31(26-15-7-2-8-16-26,27-17-9-3-10-18-27)28-19-11-4-12-20-28/h1-20,29-30,33H,21-24H2/t29-,30+/m0/s1. The first-order chi connectivity index (χ1) is 17.8. The maximum atomic E-state index is 9.27. The minimum Gasteiger partial charge on any atom is -0.297 e. The van der Waals surface area contributed by atoms with Gasteiger partial charge in [0.25, 0.3) is 0 Å². The molecule has 0 amide bonds. The van der Waals surface area contributed by atoms with Gasteiger partial charge in [-0.25, -0.2) is 0 Å². The van der Waals surface area contributed by atoms with Crippen molar-refractivity contribution in [1.82, 2.24) is 10.2 Å². The summed E-state index contributed by atoms with van der Waals surface area (Å²) in [6, 6.07) is 42.5. The number of azide groups is 1. The van der Waals surface area contributed by atoms with Gasteiger partial charge >= 0.3 is 0 Å². The number of hydrogen-bond acceptors (Lipinski definition) is 3. The van der Waals surface area contributed by atoms with Crippen LogP contribution >= 0.6 is 0 Å². The van der Waals surface area contributed by atoms with E-state index >= 15 is 0 Å². The Hall–Kier alpha value is -3.89. The molecule has 0 unspecified atom stereocenters. The van der Waals surface area contributed by atoms with Crippen molar-refractivity contribution in [3.05, 3.63) is 154 Å². The number of hydrogen-bond donors (Lipinski definition) is 1. The summed E-state index contributed by atoms with van der Waals surface area (Å²) < 4.78 is 0. The van der Waals surface area contributed by atoms with Crippen LogP contribution in [0.5, 0.6) is 0 Å². The predicted octanol–water partition coefficient (Wildman–Crippen LogP) is 6.52. The fourth-order valence-corrected chi connectivity index (χ4v) is 5.51. The largest absolute Gasteiger partial charge is 0.297 e. The summed E-state index contributed by atoms with van der Waals surface area (Å²) in [6.45, 7) is 2.44. The highest BCUT2D eigenvalue weighted by Gasteiger charge is 2.40. The molecule has 1 fully saturated rings. The number of benzene rings is 4. The molecule has 0 spiro atoms. The summed E-state index contributed by atoms with van der Waals surface area (Å²) in [4.78, 5) is 5.58. The molecule has 5 nitrogen and oxygen atoms in total. The summed E-state index contributed by atoms with van der Waals surface area (Å²) in [5, 5.41) is 8.27. The number of nitrogens with zero attached hydrogens (tertiary/aromatic N) is 4. The van der Waals surface area contributed by atoms with E-state index in [0.29, 0.717) is 0 Å².